The summed E-state index contributed by atoms with van der Waals surface area (Å²) in [7, 11) is 0. The van der Waals surface area contributed by atoms with E-state index in [1.807, 2.05) is 6.92 Å². The van der Waals surface area contributed by atoms with Crippen molar-refractivity contribution in [2.75, 3.05) is 5.32 Å². The highest BCUT2D eigenvalue weighted by Crippen LogP contribution is 2.26. The predicted octanol–water partition coefficient (Wildman–Crippen LogP) is 3.86. The number of anilines is 1. The number of benzene rings is 1. The number of aryl methyl sites for hydroxylation is 1. The third-order valence-corrected chi connectivity index (χ3v) is 3.23. The first kappa shape index (κ1) is 15.2. The van der Waals surface area contributed by atoms with E-state index in [0.29, 0.717) is 5.69 Å². The molecule has 2 rings (SSSR count). The third kappa shape index (κ3) is 3.48. The minimum atomic E-state index is -0.620. The van der Waals surface area contributed by atoms with E-state index in [1.165, 1.54) is 18.2 Å². The fourth-order valence-electron chi connectivity index (χ4n) is 1.63. The molecule has 0 aliphatic carbocycles. The lowest BCUT2D eigenvalue weighted by Crippen LogP contribution is -2.12. The lowest BCUT2D eigenvalue weighted by Gasteiger charge is -2.07. The lowest BCUT2D eigenvalue weighted by atomic mass is 10.2. The van der Waals surface area contributed by atoms with E-state index in [1.54, 1.807) is 12.3 Å². The van der Waals surface area contributed by atoms with Crippen LogP contribution in [0.5, 0.6) is 0 Å². The topological polar surface area (TPSA) is 85.1 Å². The van der Waals surface area contributed by atoms with Crippen LogP contribution in [0.1, 0.15) is 15.9 Å². The molecule has 8 heteroatoms. The first-order valence-electron chi connectivity index (χ1n) is 5.76. The second-order valence-corrected chi connectivity index (χ2v) is 4.99. The summed E-state index contributed by atoms with van der Waals surface area (Å²) in [6.45, 7) is 1.81. The molecule has 0 aliphatic rings. The van der Waals surface area contributed by atoms with Gasteiger partial charge in [-0.05, 0) is 30.7 Å². The Balaban J connectivity index is 2.26. The number of amides is 1. The molecule has 0 fully saturated rings. The zero-order chi connectivity index (χ0) is 15.6. The fourth-order valence-corrected chi connectivity index (χ4v) is 2.03. The van der Waals surface area contributed by atoms with Crippen LogP contribution in [0, 0.1) is 17.0 Å². The molecule has 0 spiro atoms. The molecule has 1 heterocycles. The van der Waals surface area contributed by atoms with Gasteiger partial charge in [0.1, 0.15) is 5.02 Å². The number of nitro benzene ring substituents is 1. The van der Waals surface area contributed by atoms with E-state index in [0.717, 1.165) is 5.56 Å². The Bertz CT molecular complexity index is 735. The number of nitrogens with one attached hydrogen (secondary N) is 1. The Morgan fingerprint density at radius 1 is 1.33 bits per heavy atom. The first-order chi connectivity index (χ1) is 9.88. The molecular formula is C13H9Cl2N3O3. The van der Waals surface area contributed by atoms with E-state index in [-0.39, 0.29) is 21.4 Å². The number of pyridine rings is 1. The number of carbonyl (C=O) groups is 1. The van der Waals surface area contributed by atoms with E-state index < -0.39 is 10.8 Å². The monoisotopic (exact) mass is 325 g/mol. The van der Waals surface area contributed by atoms with Crippen molar-refractivity contribution in [2.24, 2.45) is 0 Å². The summed E-state index contributed by atoms with van der Waals surface area (Å²) >= 11 is 11.7. The largest absolute Gasteiger partial charge is 0.319 e. The number of hydrogen-bond donors (Lipinski definition) is 1. The second kappa shape index (κ2) is 6.07. The standard InChI is InChI=1S/C13H9Cl2N3O3/c1-7-4-10(12(15)16-6-7)17-13(19)8-2-3-11(18(20)21)9(14)5-8/h2-6H,1H3,(H,17,19). The second-order valence-electron chi connectivity index (χ2n) is 4.23. The Morgan fingerprint density at radius 3 is 2.67 bits per heavy atom. The summed E-state index contributed by atoms with van der Waals surface area (Å²) in [5.74, 6) is -0.485. The summed E-state index contributed by atoms with van der Waals surface area (Å²) in [5, 5.41) is 13.3. The van der Waals surface area contributed by atoms with Crippen molar-refractivity contribution in [2.45, 2.75) is 6.92 Å². The quantitative estimate of drug-likeness (QED) is 0.527. The molecule has 0 aliphatic heterocycles. The van der Waals surface area contributed by atoms with Crippen LogP contribution in [0.15, 0.2) is 30.5 Å². The zero-order valence-corrected chi connectivity index (χ0v) is 12.3. The van der Waals surface area contributed by atoms with Crippen molar-refractivity contribution in [1.82, 2.24) is 4.98 Å². The molecule has 0 saturated heterocycles. The van der Waals surface area contributed by atoms with E-state index in [2.05, 4.69) is 10.3 Å². The molecule has 0 atom stereocenters. The van der Waals surface area contributed by atoms with Crippen LogP contribution < -0.4 is 5.32 Å². The van der Waals surface area contributed by atoms with Gasteiger partial charge in [-0.25, -0.2) is 4.98 Å². The maximum atomic E-state index is 12.1. The molecule has 1 N–H and O–H groups in total. The fraction of sp³-hybridized carbons (Fsp3) is 0.0769. The highest BCUT2D eigenvalue weighted by Gasteiger charge is 2.16. The van der Waals surface area contributed by atoms with Crippen LogP contribution in [-0.4, -0.2) is 15.8 Å². The molecule has 0 radical (unpaired) electrons. The molecule has 0 bridgehead atoms. The Hall–Kier alpha value is -2.18. The van der Waals surface area contributed by atoms with Gasteiger partial charge in [0.25, 0.3) is 11.6 Å². The molecule has 21 heavy (non-hydrogen) atoms. The van der Waals surface area contributed by atoms with Gasteiger partial charge < -0.3 is 5.32 Å². The molecule has 1 aromatic heterocycles. The minimum Gasteiger partial charge on any atom is -0.319 e. The smallest absolute Gasteiger partial charge is 0.287 e. The van der Waals surface area contributed by atoms with Crippen molar-refractivity contribution < 1.29 is 9.72 Å². The molecule has 1 aromatic carbocycles. The summed E-state index contributed by atoms with van der Waals surface area (Å²) in [4.78, 5) is 26.1. The molecule has 0 saturated carbocycles. The van der Waals surface area contributed by atoms with Gasteiger partial charge in [-0.2, -0.15) is 0 Å². The Labute approximate surface area is 129 Å². The molecule has 1 amide bonds. The van der Waals surface area contributed by atoms with E-state index in [9.17, 15) is 14.9 Å². The number of aromatic nitrogens is 1. The van der Waals surface area contributed by atoms with Crippen molar-refractivity contribution >= 4 is 40.5 Å². The van der Waals surface area contributed by atoms with Gasteiger partial charge in [0.2, 0.25) is 0 Å². The van der Waals surface area contributed by atoms with Gasteiger partial charge in [-0.1, -0.05) is 23.2 Å². The van der Waals surface area contributed by atoms with Gasteiger partial charge in [-0.15, -0.1) is 0 Å². The lowest BCUT2D eigenvalue weighted by molar-refractivity contribution is -0.384. The van der Waals surface area contributed by atoms with Crippen LogP contribution in [-0.2, 0) is 0 Å². The van der Waals surface area contributed by atoms with Gasteiger partial charge in [-0.3, -0.25) is 14.9 Å². The van der Waals surface area contributed by atoms with Gasteiger partial charge >= 0.3 is 0 Å². The number of carbonyl (C=O) groups excluding carboxylic acids is 1. The number of hydrogen-bond acceptors (Lipinski definition) is 4. The highest BCUT2D eigenvalue weighted by molar-refractivity contribution is 6.33. The van der Waals surface area contributed by atoms with Crippen molar-refractivity contribution in [3.05, 3.63) is 61.9 Å². The van der Waals surface area contributed by atoms with Crippen molar-refractivity contribution in [3.8, 4) is 0 Å². The molecule has 0 unspecified atom stereocenters. The summed E-state index contributed by atoms with van der Waals surface area (Å²) < 4.78 is 0. The van der Waals surface area contributed by atoms with Crippen LogP contribution in [0.2, 0.25) is 10.2 Å². The summed E-state index contributed by atoms with van der Waals surface area (Å²) in [6.07, 6.45) is 1.57. The number of nitrogens with zero attached hydrogens (tertiary/aromatic N) is 2. The van der Waals surface area contributed by atoms with Crippen molar-refractivity contribution in [1.29, 1.82) is 0 Å². The SMILES string of the molecule is Cc1cnc(Cl)c(NC(=O)c2ccc([N+](=O)[O-])c(Cl)c2)c1. The van der Waals surface area contributed by atoms with Crippen molar-refractivity contribution in [3.63, 3.8) is 0 Å². The molecule has 2 aromatic rings. The number of nitro groups is 1. The van der Waals surface area contributed by atoms with E-state index >= 15 is 0 Å². The minimum absolute atomic E-state index is 0.110. The number of rotatable bonds is 3. The van der Waals surface area contributed by atoms with Crippen LogP contribution in [0.3, 0.4) is 0 Å². The van der Waals surface area contributed by atoms with Crippen LogP contribution in [0.25, 0.3) is 0 Å². The van der Waals surface area contributed by atoms with Gasteiger partial charge in [0.15, 0.2) is 5.15 Å². The van der Waals surface area contributed by atoms with Crippen LogP contribution in [0.4, 0.5) is 11.4 Å². The Kier molecular flexibility index (Phi) is 4.40. The third-order valence-electron chi connectivity index (χ3n) is 2.63. The maximum Gasteiger partial charge on any atom is 0.287 e. The van der Waals surface area contributed by atoms with Crippen LogP contribution >= 0.6 is 23.2 Å². The molecule has 108 valence electrons. The first-order valence-corrected chi connectivity index (χ1v) is 6.51. The maximum absolute atomic E-state index is 12.1. The summed E-state index contributed by atoms with van der Waals surface area (Å²) in [6, 6.07) is 5.39. The molecular weight excluding hydrogens is 317 g/mol. The van der Waals surface area contributed by atoms with Gasteiger partial charge in [0.05, 0.1) is 10.6 Å². The predicted molar refractivity (Wildman–Crippen MR) is 80.0 cm³/mol. The Morgan fingerprint density at radius 2 is 2.05 bits per heavy atom. The zero-order valence-electron chi connectivity index (χ0n) is 10.8. The number of halogens is 2. The average Bonchev–Trinajstić information content (AvgIpc) is 2.42. The van der Waals surface area contributed by atoms with Gasteiger partial charge in [0, 0.05) is 17.8 Å². The molecule has 6 nitrogen and oxygen atoms in total. The highest BCUT2D eigenvalue weighted by atomic mass is 35.5. The average molecular weight is 326 g/mol. The van der Waals surface area contributed by atoms with E-state index in [4.69, 9.17) is 23.2 Å². The summed E-state index contributed by atoms with van der Waals surface area (Å²) in [5.41, 5.74) is 1.11. The normalized spacial score (nSPS) is 10.2.